The number of amides is 1. The summed E-state index contributed by atoms with van der Waals surface area (Å²) >= 11 is 0. The van der Waals surface area contributed by atoms with E-state index in [-0.39, 0.29) is 11.3 Å². The van der Waals surface area contributed by atoms with Crippen molar-refractivity contribution in [3.8, 4) is 0 Å². The van der Waals surface area contributed by atoms with Crippen LogP contribution in [0.2, 0.25) is 0 Å². The van der Waals surface area contributed by atoms with E-state index in [2.05, 4.69) is 18.7 Å². The molecular formula is C19H26F2N2O2. The van der Waals surface area contributed by atoms with Crippen molar-refractivity contribution < 1.29 is 18.3 Å². The molecule has 0 aliphatic carbocycles. The molecule has 0 radical (unpaired) electrons. The average molecular weight is 352 g/mol. The van der Waals surface area contributed by atoms with Gasteiger partial charge in [-0.2, -0.15) is 0 Å². The van der Waals surface area contributed by atoms with Crippen LogP contribution in [0, 0.1) is 23.0 Å². The summed E-state index contributed by atoms with van der Waals surface area (Å²) in [4.78, 5) is 16.4. The molecule has 1 atom stereocenters. The summed E-state index contributed by atoms with van der Waals surface area (Å²) in [5.41, 5.74) is 0.0899. The van der Waals surface area contributed by atoms with Crippen LogP contribution in [0.5, 0.6) is 0 Å². The Labute approximate surface area is 147 Å². The van der Waals surface area contributed by atoms with Gasteiger partial charge in [-0.1, -0.05) is 13.8 Å². The second kappa shape index (κ2) is 7.38. The van der Waals surface area contributed by atoms with Crippen LogP contribution in [0.3, 0.4) is 0 Å². The third-order valence-corrected chi connectivity index (χ3v) is 4.91. The lowest BCUT2D eigenvalue weighted by Gasteiger charge is -2.31. The first-order chi connectivity index (χ1) is 11.9. The number of carbonyl (C=O) groups excluding carboxylic acids is 1. The summed E-state index contributed by atoms with van der Waals surface area (Å²) in [5.74, 6) is -0.250. The zero-order valence-corrected chi connectivity index (χ0v) is 14.9. The molecule has 1 aromatic carbocycles. The molecule has 2 aliphatic rings. The molecule has 6 heteroatoms. The van der Waals surface area contributed by atoms with Gasteiger partial charge in [0.05, 0.1) is 13.2 Å². The van der Waals surface area contributed by atoms with Crippen LogP contribution in [-0.2, 0) is 16.1 Å². The first-order valence-electron chi connectivity index (χ1n) is 8.89. The van der Waals surface area contributed by atoms with Gasteiger partial charge in [0.15, 0.2) is 0 Å². The Balaban J connectivity index is 1.73. The molecule has 0 unspecified atom stereocenters. The minimum absolute atomic E-state index is 0.163. The molecule has 4 nitrogen and oxygen atoms in total. The summed E-state index contributed by atoms with van der Waals surface area (Å²) in [6, 6.07) is 3.54. The maximum absolute atomic E-state index is 14.0. The Morgan fingerprint density at radius 2 is 2.08 bits per heavy atom. The van der Waals surface area contributed by atoms with Crippen LogP contribution in [-0.4, -0.2) is 55.1 Å². The fourth-order valence-electron chi connectivity index (χ4n) is 3.91. The Bertz CT molecular complexity index is 638. The van der Waals surface area contributed by atoms with Crippen LogP contribution in [0.15, 0.2) is 18.2 Å². The van der Waals surface area contributed by atoms with Crippen LogP contribution >= 0.6 is 0 Å². The van der Waals surface area contributed by atoms with Crippen LogP contribution in [0.4, 0.5) is 8.78 Å². The highest BCUT2D eigenvalue weighted by Crippen LogP contribution is 2.35. The molecule has 0 bridgehead atoms. The molecule has 2 heterocycles. The topological polar surface area (TPSA) is 32.8 Å². The van der Waals surface area contributed by atoms with Crippen molar-refractivity contribution in [1.82, 2.24) is 9.80 Å². The van der Waals surface area contributed by atoms with E-state index in [1.165, 1.54) is 6.07 Å². The second-order valence-corrected chi connectivity index (χ2v) is 7.84. The Morgan fingerprint density at radius 1 is 1.28 bits per heavy atom. The molecule has 0 N–H and O–H groups in total. The van der Waals surface area contributed by atoms with E-state index in [9.17, 15) is 13.6 Å². The summed E-state index contributed by atoms with van der Waals surface area (Å²) in [7, 11) is 0. The largest absolute Gasteiger partial charge is 0.379 e. The summed E-state index contributed by atoms with van der Waals surface area (Å²) in [5, 5.41) is 0. The minimum atomic E-state index is -0.434. The molecule has 1 amide bonds. The number of hydrogen-bond donors (Lipinski definition) is 0. The highest BCUT2D eigenvalue weighted by Gasteiger charge is 2.45. The third-order valence-electron chi connectivity index (χ3n) is 4.91. The van der Waals surface area contributed by atoms with E-state index >= 15 is 0 Å². The van der Waals surface area contributed by atoms with Gasteiger partial charge in [0.1, 0.15) is 11.6 Å². The number of rotatable bonds is 4. The molecule has 2 aliphatic heterocycles. The predicted octanol–water partition coefficient (Wildman–Crippen LogP) is 2.67. The first kappa shape index (κ1) is 18.3. The van der Waals surface area contributed by atoms with E-state index in [1.54, 1.807) is 0 Å². The molecule has 2 fully saturated rings. The standard InChI is InChI=1S/C19H26F2N2O2/c1-14(2)9-23-12-19(8-18(23)24)11-22(5-6-25-13-19)10-15-7-16(20)3-4-17(15)21/h3-4,7,14H,5-6,8-13H2,1-2H3/t19-/m0/s1. The number of carbonyl (C=O) groups is 1. The molecule has 3 rings (SSSR count). The Morgan fingerprint density at radius 3 is 2.84 bits per heavy atom. The number of hydrogen-bond acceptors (Lipinski definition) is 3. The summed E-state index contributed by atoms with van der Waals surface area (Å²) in [6.07, 6.45) is 0.460. The van der Waals surface area contributed by atoms with Gasteiger partial charge in [0, 0.05) is 50.1 Å². The third kappa shape index (κ3) is 4.36. The zero-order valence-electron chi connectivity index (χ0n) is 14.9. The van der Waals surface area contributed by atoms with Gasteiger partial charge in [-0.05, 0) is 24.1 Å². The van der Waals surface area contributed by atoms with Gasteiger partial charge in [-0.3, -0.25) is 9.69 Å². The number of benzene rings is 1. The van der Waals surface area contributed by atoms with Crippen LogP contribution in [0.1, 0.15) is 25.8 Å². The van der Waals surface area contributed by atoms with Crippen molar-refractivity contribution in [1.29, 1.82) is 0 Å². The number of halogens is 2. The fourth-order valence-corrected chi connectivity index (χ4v) is 3.91. The highest BCUT2D eigenvalue weighted by atomic mass is 19.1. The molecule has 138 valence electrons. The monoisotopic (exact) mass is 352 g/mol. The smallest absolute Gasteiger partial charge is 0.223 e. The number of nitrogens with zero attached hydrogens (tertiary/aromatic N) is 2. The summed E-state index contributed by atoms with van der Waals surface area (Å²) in [6.45, 7) is 8.33. The van der Waals surface area contributed by atoms with E-state index in [0.29, 0.717) is 57.3 Å². The molecular weight excluding hydrogens is 326 g/mol. The average Bonchev–Trinajstić information content (AvgIpc) is 2.70. The van der Waals surface area contributed by atoms with E-state index in [0.717, 1.165) is 18.7 Å². The van der Waals surface area contributed by atoms with Crippen molar-refractivity contribution in [2.45, 2.75) is 26.8 Å². The predicted molar refractivity (Wildman–Crippen MR) is 90.9 cm³/mol. The SMILES string of the molecule is CC(C)CN1C[C@]2(COCCN(Cc3cc(F)ccc3F)C2)CC1=O. The normalized spacial score (nSPS) is 25.2. The molecule has 25 heavy (non-hydrogen) atoms. The van der Waals surface area contributed by atoms with Crippen molar-refractivity contribution in [2.75, 3.05) is 39.4 Å². The van der Waals surface area contributed by atoms with Gasteiger partial charge in [-0.15, -0.1) is 0 Å². The van der Waals surface area contributed by atoms with Crippen molar-refractivity contribution >= 4 is 5.91 Å². The molecule has 1 spiro atoms. The maximum Gasteiger partial charge on any atom is 0.223 e. The van der Waals surface area contributed by atoms with Crippen LogP contribution in [0.25, 0.3) is 0 Å². The van der Waals surface area contributed by atoms with Gasteiger partial charge in [0.25, 0.3) is 0 Å². The summed E-state index contributed by atoms with van der Waals surface area (Å²) < 4.78 is 33.2. The van der Waals surface area contributed by atoms with Gasteiger partial charge in [0.2, 0.25) is 5.91 Å². The number of ether oxygens (including phenoxy) is 1. The highest BCUT2D eigenvalue weighted by molar-refractivity contribution is 5.79. The van der Waals surface area contributed by atoms with Gasteiger partial charge in [-0.25, -0.2) is 8.78 Å². The number of likely N-dealkylation sites (tertiary alicyclic amines) is 1. The first-order valence-corrected chi connectivity index (χ1v) is 8.89. The van der Waals surface area contributed by atoms with Crippen molar-refractivity contribution in [3.05, 3.63) is 35.4 Å². The van der Waals surface area contributed by atoms with Crippen molar-refractivity contribution in [2.24, 2.45) is 11.3 Å². The Hall–Kier alpha value is -1.53. The lowest BCUT2D eigenvalue weighted by molar-refractivity contribution is -0.128. The fraction of sp³-hybridized carbons (Fsp3) is 0.632. The molecule has 0 aromatic heterocycles. The minimum Gasteiger partial charge on any atom is -0.379 e. The van der Waals surface area contributed by atoms with Gasteiger partial charge < -0.3 is 9.64 Å². The van der Waals surface area contributed by atoms with E-state index in [4.69, 9.17) is 4.74 Å². The molecule has 1 aromatic rings. The van der Waals surface area contributed by atoms with E-state index < -0.39 is 11.6 Å². The maximum atomic E-state index is 14.0. The second-order valence-electron chi connectivity index (χ2n) is 7.84. The lowest BCUT2D eigenvalue weighted by atomic mass is 9.87. The van der Waals surface area contributed by atoms with Crippen molar-refractivity contribution in [3.63, 3.8) is 0 Å². The lowest BCUT2D eigenvalue weighted by Crippen LogP contribution is -2.41. The zero-order chi connectivity index (χ0) is 18.0. The molecule has 0 saturated carbocycles. The Kier molecular flexibility index (Phi) is 5.39. The van der Waals surface area contributed by atoms with E-state index in [1.807, 2.05) is 4.90 Å². The quantitative estimate of drug-likeness (QED) is 0.835. The van der Waals surface area contributed by atoms with Crippen LogP contribution < -0.4 is 0 Å². The van der Waals surface area contributed by atoms with Gasteiger partial charge >= 0.3 is 0 Å². The molecule has 2 saturated heterocycles.